The van der Waals surface area contributed by atoms with Crippen LogP contribution in [0.25, 0.3) is 0 Å². The number of thiazole rings is 1. The normalized spacial score (nSPS) is 10.6. The number of nitrogens with zero attached hydrogens (tertiary/aromatic N) is 2. The van der Waals surface area contributed by atoms with Gasteiger partial charge in [-0.1, -0.05) is 11.6 Å². The van der Waals surface area contributed by atoms with Crippen LogP contribution in [0.15, 0.2) is 23.6 Å². The lowest BCUT2D eigenvalue weighted by Gasteiger charge is -2.05. The van der Waals surface area contributed by atoms with Gasteiger partial charge in [-0.2, -0.15) is 0 Å². The molecule has 5 nitrogen and oxygen atoms in total. The first-order valence-electron chi connectivity index (χ1n) is 5.61. The molecule has 100 valence electrons. The molecule has 0 aliphatic carbocycles. The van der Waals surface area contributed by atoms with Gasteiger partial charge in [0.1, 0.15) is 0 Å². The van der Waals surface area contributed by atoms with E-state index in [1.54, 1.807) is 17.4 Å². The molecule has 7 heteroatoms. The van der Waals surface area contributed by atoms with Gasteiger partial charge in [-0.25, -0.2) is 4.98 Å². The second-order valence-corrected chi connectivity index (χ2v) is 5.49. The van der Waals surface area contributed by atoms with Gasteiger partial charge in [0.2, 0.25) is 0 Å². The molecule has 1 N–H and O–H groups in total. The molecule has 0 atom stereocenters. The fraction of sp³-hybridized carbons (Fsp3) is 0.250. The lowest BCUT2D eigenvalue weighted by Crippen LogP contribution is -2.14. The number of rotatable bonds is 5. The second kappa shape index (κ2) is 6.10. The van der Waals surface area contributed by atoms with E-state index in [1.807, 2.05) is 12.3 Å². The maximum atomic E-state index is 10.9. The van der Waals surface area contributed by atoms with E-state index >= 15 is 0 Å². The number of halogens is 1. The number of nitro groups is 1. The summed E-state index contributed by atoms with van der Waals surface area (Å²) in [5.74, 6) is 0. The van der Waals surface area contributed by atoms with Gasteiger partial charge in [-0.05, 0) is 19.1 Å². The largest absolute Gasteiger partial charge is 0.307 e. The summed E-state index contributed by atoms with van der Waals surface area (Å²) in [6.45, 7) is 2.90. The highest BCUT2D eigenvalue weighted by atomic mass is 35.5. The Morgan fingerprint density at radius 2 is 2.26 bits per heavy atom. The van der Waals surface area contributed by atoms with Crippen molar-refractivity contribution in [2.24, 2.45) is 0 Å². The molecular formula is C12H12ClN3O2S. The minimum Gasteiger partial charge on any atom is -0.307 e. The first kappa shape index (κ1) is 13.9. The number of nitro benzene ring substituents is 1. The molecule has 0 saturated carbocycles. The molecule has 1 aromatic carbocycles. The van der Waals surface area contributed by atoms with E-state index in [-0.39, 0.29) is 5.69 Å². The first-order chi connectivity index (χ1) is 9.06. The number of hydrogen-bond donors (Lipinski definition) is 1. The predicted molar refractivity (Wildman–Crippen MR) is 75.5 cm³/mol. The summed E-state index contributed by atoms with van der Waals surface area (Å²) in [6.07, 6.45) is 0. The average molecular weight is 298 g/mol. The van der Waals surface area contributed by atoms with Gasteiger partial charge in [-0.3, -0.25) is 10.1 Å². The van der Waals surface area contributed by atoms with Crippen LogP contribution < -0.4 is 5.32 Å². The Hall–Kier alpha value is -1.50. The summed E-state index contributed by atoms with van der Waals surface area (Å²) >= 11 is 7.44. The first-order valence-corrected chi connectivity index (χ1v) is 6.86. The van der Waals surface area contributed by atoms with Gasteiger partial charge < -0.3 is 5.32 Å². The summed E-state index contributed by atoms with van der Waals surface area (Å²) < 4.78 is 0. The van der Waals surface area contributed by atoms with E-state index in [9.17, 15) is 10.1 Å². The molecule has 0 unspecified atom stereocenters. The van der Waals surface area contributed by atoms with Crippen molar-refractivity contribution in [2.75, 3.05) is 0 Å². The zero-order valence-corrected chi connectivity index (χ0v) is 11.8. The third kappa shape index (κ3) is 3.73. The van der Waals surface area contributed by atoms with Crippen LogP contribution in [0.4, 0.5) is 5.69 Å². The minimum atomic E-state index is -0.402. The summed E-state index contributed by atoms with van der Waals surface area (Å²) in [6, 6.07) is 4.55. The molecule has 1 heterocycles. The molecule has 0 aliphatic rings. The number of aromatic nitrogens is 1. The molecule has 2 aromatic rings. The molecule has 2 rings (SSSR count). The highest BCUT2D eigenvalue weighted by molar-refractivity contribution is 7.09. The van der Waals surface area contributed by atoms with E-state index in [4.69, 9.17) is 11.6 Å². The SMILES string of the molecule is Cc1nc(CNCc2cc(Cl)ccc2[N+](=O)[O-])cs1. The predicted octanol–water partition coefficient (Wildman–Crippen LogP) is 3.30. The summed E-state index contributed by atoms with van der Waals surface area (Å²) in [4.78, 5) is 14.8. The van der Waals surface area contributed by atoms with Crippen LogP contribution in [0.3, 0.4) is 0 Å². The standard InChI is InChI=1S/C12H12ClN3O2S/c1-8-15-11(7-19-8)6-14-5-9-4-10(13)2-3-12(9)16(17)18/h2-4,7,14H,5-6H2,1H3. The van der Waals surface area contributed by atoms with E-state index in [0.29, 0.717) is 23.7 Å². The van der Waals surface area contributed by atoms with Gasteiger partial charge in [0.15, 0.2) is 0 Å². The zero-order valence-electron chi connectivity index (χ0n) is 10.2. The molecule has 0 amide bonds. The molecule has 0 bridgehead atoms. The lowest BCUT2D eigenvalue weighted by molar-refractivity contribution is -0.385. The fourth-order valence-electron chi connectivity index (χ4n) is 1.69. The molecule has 0 saturated heterocycles. The van der Waals surface area contributed by atoms with Crippen LogP contribution in [0.5, 0.6) is 0 Å². The Kier molecular flexibility index (Phi) is 4.47. The second-order valence-electron chi connectivity index (χ2n) is 3.99. The van der Waals surface area contributed by atoms with Gasteiger partial charge in [-0.15, -0.1) is 11.3 Å². The van der Waals surface area contributed by atoms with Crippen LogP contribution in [-0.4, -0.2) is 9.91 Å². The maximum Gasteiger partial charge on any atom is 0.273 e. The zero-order chi connectivity index (χ0) is 13.8. The van der Waals surface area contributed by atoms with E-state index in [1.165, 1.54) is 12.1 Å². The third-order valence-corrected chi connectivity index (χ3v) is 3.58. The van der Waals surface area contributed by atoms with E-state index in [0.717, 1.165) is 10.7 Å². The average Bonchev–Trinajstić information content (AvgIpc) is 2.75. The topological polar surface area (TPSA) is 68.1 Å². The van der Waals surface area contributed by atoms with Crippen LogP contribution in [0, 0.1) is 17.0 Å². The lowest BCUT2D eigenvalue weighted by atomic mass is 10.2. The fourth-order valence-corrected chi connectivity index (χ4v) is 2.50. The Labute approximate surface area is 119 Å². The third-order valence-electron chi connectivity index (χ3n) is 2.53. The summed E-state index contributed by atoms with van der Waals surface area (Å²) in [5.41, 5.74) is 1.59. The van der Waals surface area contributed by atoms with Crippen molar-refractivity contribution in [3.63, 3.8) is 0 Å². The Bertz CT molecular complexity index is 600. The monoisotopic (exact) mass is 297 g/mol. The quantitative estimate of drug-likeness (QED) is 0.679. The van der Waals surface area contributed by atoms with Crippen molar-refractivity contribution in [3.05, 3.63) is 55.0 Å². The number of nitrogens with one attached hydrogen (secondary N) is 1. The molecular weight excluding hydrogens is 286 g/mol. The summed E-state index contributed by atoms with van der Waals surface area (Å²) in [5, 5.41) is 17.5. The van der Waals surface area contributed by atoms with Crippen molar-refractivity contribution in [2.45, 2.75) is 20.0 Å². The summed E-state index contributed by atoms with van der Waals surface area (Å²) in [7, 11) is 0. The van der Waals surface area contributed by atoms with Crippen molar-refractivity contribution < 1.29 is 4.92 Å². The van der Waals surface area contributed by atoms with Gasteiger partial charge in [0.25, 0.3) is 5.69 Å². The van der Waals surface area contributed by atoms with Crippen LogP contribution in [0.2, 0.25) is 5.02 Å². The van der Waals surface area contributed by atoms with Crippen molar-refractivity contribution in [3.8, 4) is 0 Å². The Balaban J connectivity index is 2.02. The highest BCUT2D eigenvalue weighted by Gasteiger charge is 2.13. The number of hydrogen-bond acceptors (Lipinski definition) is 5. The molecule has 0 fully saturated rings. The number of benzene rings is 1. The van der Waals surface area contributed by atoms with Crippen molar-refractivity contribution in [1.29, 1.82) is 0 Å². The highest BCUT2D eigenvalue weighted by Crippen LogP contribution is 2.22. The van der Waals surface area contributed by atoms with Gasteiger partial charge >= 0.3 is 0 Å². The molecule has 0 aliphatic heterocycles. The van der Waals surface area contributed by atoms with E-state index < -0.39 is 4.92 Å². The minimum absolute atomic E-state index is 0.0753. The van der Waals surface area contributed by atoms with Crippen LogP contribution >= 0.6 is 22.9 Å². The Morgan fingerprint density at radius 3 is 2.89 bits per heavy atom. The molecule has 1 aromatic heterocycles. The Morgan fingerprint density at radius 1 is 1.47 bits per heavy atom. The van der Waals surface area contributed by atoms with Crippen LogP contribution in [0.1, 0.15) is 16.3 Å². The molecule has 19 heavy (non-hydrogen) atoms. The maximum absolute atomic E-state index is 10.9. The van der Waals surface area contributed by atoms with Crippen LogP contribution in [-0.2, 0) is 13.1 Å². The molecule has 0 radical (unpaired) electrons. The number of aryl methyl sites for hydroxylation is 1. The van der Waals surface area contributed by atoms with Gasteiger partial charge in [0, 0.05) is 35.1 Å². The molecule has 0 spiro atoms. The smallest absolute Gasteiger partial charge is 0.273 e. The van der Waals surface area contributed by atoms with Gasteiger partial charge in [0.05, 0.1) is 15.6 Å². The van der Waals surface area contributed by atoms with E-state index in [2.05, 4.69) is 10.3 Å². The van der Waals surface area contributed by atoms with Crippen molar-refractivity contribution >= 4 is 28.6 Å². The van der Waals surface area contributed by atoms with Crippen molar-refractivity contribution in [1.82, 2.24) is 10.3 Å².